The molecular formula is C15H16O2S. The molecule has 3 heteroatoms. The number of benzene rings is 1. The molecule has 1 aromatic carbocycles. The third-order valence-corrected chi connectivity index (χ3v) is 3.81. The van der Waals surface area contributed by atoms with Crippen LogP contribution in [0.25, 0.3) is 0 Å². The van der Waals surface area contributed by atoms with Crippen LogP contribution in [-0.4, -0.2) is 12.9 Å². The van der Waals surface area contributed by atoms with Gasteiger partial charge in [-0.15, -0.1) is 11.3 Å². The van der Waals surface area contributed by atoms with Gasteiger partial charge in [0.1, 0.15) is 5.75 Å². The van der Waals surface area contributed by atoms with E-state index in [1.807, 2.05) is 42.6 Å². The van der Waals surface area contributed by atoms with Crippen LogP contribution in [0.3, 0.4) is 0 Å². The number of hydrogen-bond donors (Lipinski definition) is 0. The van der Waals surface area contributed by atoms with Crippen molar-refractivity contribution in [2.75, 3.05) is 7.11 Å². The van der Waals surface area contributed by atoms with Crippen LogP contribution in [0.1, 0.15) is 22.2 Å². The van der Waals surface area contributed by atoms with Crippen molar-refractivity contribution in [2.24, 2.45) is 5.92 Å². The molecule has 0 bridgehead atoms. The van der Waals surface area contributed by atoms with Crippen LogP contribution in [0.2, 0.25) is 0 Å². The van der Waals surface area contributed by atoms with E-state index in [1.165, 1.54) is 4.88 Å². The van der Waals surface area contributed by atoms with Gasteiger partial charge in [0.15, 0.2) is 5.78 Å². The Morgan fingerprint density at radius 3 is 2.56 bits per heavy atom. The van der Waals surface area contributed by atoms with Gasteiger partial charge in [-0.3, -0.25) is 4.79 Å². The quantitative estimate of drug-likeness (QED) is 0.764. The molecule has 1 heterocycles. The average molecular weight is 260 g/mol. The number of rotatable bonds is 5. The van der Waals surface area contributed by atoms with Crippen LogP contribution < -0.4 is 4.74 Å². The molecule has 0 fully saturated rings. The van der Waals surface area contributed by atoms with Crippen LogP contribution >= 0.6 is 11.3 Å². The molecule has 18 heavy (non-hydrogen) atoms. The van der Waals surface area contributed by atoms with Gasteiger partial charge in [-0.1, -0.05) is 13.0 Å². The van der Waals surface area contributed by atoms with Gasteiger partial charge in [0.05, 0.1) is 7.11 Å². The number of methoxy groups -OCH3 is 1. The first-order chi connectivity index (χ1) is 8.70. The summed E-state index contributed by atoms with van der Waals surface area (Å²) in [5, 5.41) is 2.04. The predicted octanol–water partition coefficient (Wildman–Crippen LogP) is 3.82. The van der Waals surface area contributed by atoms with Crippen LogP contribution in [0.4, 0.5) is 0 Å². The minimum Gasteiger partial charge on any atom is -0.497 e. The Morgan fingerprint density at radius 1 is 1.28 bits per heavy atom. The maximum atomic E-state index is 12.2. The van der Waals surface area contributed by atoms with E-state index >= 15 is 0 Å². The Labute approximate surface area is 111 Å². The fourth-order valence-corrected chi connectivity index (χ4v) is 2.70. The monoisotopic (exact) mass is 260 g/mol. The number of carbonyl (C=O) groups excluding carboxylic acids is 1. The standard InChI is InChI=1S/C15H16O2S/c1-11(10-14-4-3-9-18-14)15(16)12-5-7-13(17-2)8-6-12/h3-9,11H,10H2,1-2H3. The smallest absolute Gasteiger partial charge is 0.166 e. The summed E-state index contributed by atoms with van der Waals surface area (Å²) in [4.78, 5) is 13.5. The minimum absolute atomic E-state index is 0.0112. The highest BCUT2D eigenvalue weighted by Gasteiger charge is 2.16. The molecule has 0 radical (unpaired) electrons. The van der Waals surface area contributed by atoms with Gasteiger partial charge in [0, 0.05) is 16.4 Å². The molecule has 0 amide bonds. The van der Waals surface area contributed by atoms with Crippen molar-refractivity contribution >= 4 is 17.1 Å². The van der Waals surface area contributed by atoms with Crippen molar-refractivity contribution in [3.8, 4) is 5.75 Å². The maximum Gasteiger partial charge on any atom is 0.166 e. The normalized spacial score (nSPS) is 12.1. The lowest BCUT2D eigenvalue weighted by atomic mass is 9.96. The van der Waals surface area contributed by atoms with Crippen molar-refractivity contribution in [1.82, 2.24) is 0 Å². The molecule has 0 N–H and O–H groups in total. The number of Topliss-reactive ketones (excluding diaryl/α,β-unsaturated/α-hetero) is 1. The highest BCUT2D eigenvalue weighted by Crippen LogP contribution is 2.19. The summed E-state index contributed by atoms with van der Waals surface area (Å²) in [6, 6.07) is 11.4. The van der Waals surface area contributed by atoms with Gasteiger partial charge in [0.25, 0.3) is 0 Å². The Bertz CT molecular complexity index is 500. The Morgan fingerprint density at radius 2 is 2.00 bits per heavy atom. The summed E-state index contributed by atoms with van der Waals surface area (Å²) < 4.78 is 5.08. The first-order valence-electron chi connectivity index (χ1n) is 5.91. The second-order valence-electron chi connectivity index (χ2n) is 4.28. The molecule has 94 valence electrons. The van der Waals surface area contributed by atoms with E-state index in [1.54, 1.807) is 18.4 Å². The summed E-state index contributed by atoms with van der Waals surface area (Å²) in [7, 11) is 1.62. The van der Waals surface area contributed by atoms with Crippen LogP contribution in [0.5, 0.6) is 5.75 Å². The molecular weight excluding hydrogens is 244 g/mol. The van der Waals surface area contributed by atoms with E-state index in [9.17, 15) is 4.79 Å². The predicted molar refractivity (Wildman–Crippen MR) is 74.5 cm³/mol. The van der Waals surface area contributed by atoms with Gasteiger partial charge < -0.3 is 4.74 Å². The molecule has 0 saturated heterocycles. The largest absolute Gasteiger partial charge is 0.497 e. The maximum absolute atomic E-state index is 12.2. The van der Waals surface area contributed by atoms with Gasteiger partial charge in [-0.25, -0.2) is 0 Å². The molecule has 0 aliphatic heterocycles. The zero-order valence-corrected chi connectivity index (χ0v) is 11.4. The van der Waals surface area contributed by atoms with E-state index in [-0.39, 0.29) is 11.7 Å². The molecule has 0 saturated carbocycles. The summed E-state index contributed by atoms with van der Waals surface area (Å²) in [5.41, 5.74) is 0.750. The van der Waals surface area contributed by atoms with Crippen LogP contribution in [0.15, 0.2) is 41.8 Å². The lowest BCUT2D eigenvalue weighted by molar-refractivity contribution is 0.0930. The van der Waals surface area contributed by atoms with Crippen molar-refractivity contribution in [2.45, 2.75) is 13.3 Å². The number of ketones is 1. The average Bonchev–Trinajstić information content (AvgIpc) is 2.91. The first kappa shape index (κ1) is 12.8. The van der Waals surface area contributed by atoms with Gasteiger partial charge in [0.2, 0.25) is 0 Å². The van der Waals surface area contributed by atoms with E-state index < -0.39 is 0 Å². The first-order valence-corrected chi connectivity index (χ1v) is 6.79. The molecule has 0 aliphatic rings. The molecule has 1 atom stereocenters. The van der Waals surface area contributed by atoms with Crippen LogP contribution in [-0.2, 0) is 6.42 Å². The number of thiophene rings is 1. The summed E-state index contributed by atoms with van der Waals surface area (Å²) >= 11 is 1.70. The van der Waals surface area contributed by atoms with Gasteiger partial charge in [-0.2, -0.15) is 0 Å². The highest BCUT2D eigenvalue weighted by molar-refractivity contribution is 7.09. The number of ether oxygens (including phenoxy) is 1. The second kappa shape index (κ2) is 5.83. The molecule has 2 rings (SSSR count). The van der Waals surface area contributed by atoms with Gasteiger partial charge in [-0.05, 0) is 42.1 Å². The third kappa shape index (κ3) is 2.99. The fourth-order valence-electron chi connectivity index (χ4n) is 1.86. The molecule has 2 aromatic rings. The van der Waals surface area contributed by atoms with Crippen LogP contribution in [0, 0.1) is 5.92 Å². The van der Waals surface area contributed by atoms with Gasteiger partial charge >= 0.3 is 0 Å². The van der Waals surface area contributed by atoms with Crippen molar-refractivity contribution < 1.29 is 9.53 Å². The lowest BCUT2D eigenvalue weighted by Crippen LogP contribution is -2.13. The second-order valence-corrected chi connectivity index (χ2v) is 5.31. The Hall–Kier alpha value is -1.61. The number of hydrogen-bond acceptors (Lipinski definition) is 3. The Balaban J connectivity index is 2.05. The van der Waals surface area contributed by atoms with Crippen molar-refractivity contribution in [1.29, 1.82) is 0 Å². The minimum atomic E-state index is 0.0112. The highest BCUT2D eigenvalue weighted by atomic mass is 32.1. The van der Waals surface area contributed by atoms with E-state index in [4.69, 9.17) is 4.74 Å². The van der Waals surface area contributed by atoms with E-state index in [0.717, 1.165) is 17.7 Å². The molecule has 0 aliphatic carbocycles. The summed E-state index contributed by atoms with van der Waals surface area (Å²) in [6.45, 7) is 1.98. The molecule has 0 spiro atoms. The molecule has 1 aromatic heterocycles. The van der Waals surface area contributed by atoms with Crippen molar-refractivity contribution in [3.05, 3.63) is 52.2 Å². The zero-order valence-electron chi connectivity index (χ0n) is 10.6. The lowest BCUT2D eigenvalue weighted by Gasteiger charge is -2.09. The third-order valence-electron chi connectivity index (χ3n) is 2.91. The summed E-state index contributed by atoms with van der Waals surface area (Å²) in [6.07, 6.45) is 0.808. The Kier molecular flexibility index (Phi) is 4.15. The number of carbonyl (C=O) groups is 1. The topological polar surface area (TPSA) is 26.3 Å². The van der Waals surface area contributed by atoms with E-state index in [0.29, 0.717) is 0 Å². The fraction of sp³-hybridized carbons (Fsp3) is 0.267. The van der Waals surface area contributed by atoms with E-state index in [2.05, 4.69) is 6.07 Å². The molecule has 1 unspecified atom stereocenters. The zero-order chi connectivity index (χ0) is 13.0. The SMILES string of the molecule is COc1ccc(C(=O)C(C)Cc2cccs2)cc1. The molecule has 2 nitrogen and oxygen atoms in total. The van der Waals surface area contributed by atoms with Crippen molar-refractivity contribution in [3.63, 3.8) is 0 Å². The summed E-state index contributed by atoms with van der Waals surface area (Å²) in [5.74, 6) is 0.973.